The molecule has 3 heteroatoms. The monoisotopic (exact) mass is 264 g/mol. The molecule has 3 atom stereocenters. The van der Waals surface area contributed by atoms with Crippen LogP contribution in [-0.4, -0.2) is 23.8 Å². The van der Waals surface area contributed by atoms with Gasteiger partial charge >= 0.3 is 5.97 Å². The first-order valence-electron chi connectivity index (χ1n) is 7.10. The van der Waals surface area contributed by atoms with E-state index in [9.17, 15) is 9.90 Å². The first-order chi connectivity index (χ1) is 8.90. The van der Waals surface area contributed by atoms with Gasteiger partial charge in [0.05, 0.1) is 12.7 Å². The Kier molecular flexibility index (Phi) is 3.86. The molecule has 1 N–H and O–H groups in total. The second-order valence-electron chi connectivity index (χ2n) is 6.19. The van der Waals surface area contributed by atoms with E-state index >= 15 is 0 Å². The van der Waals surface area contributed by atoms with Gasteiger partial charge in [-0.15, -0.1) is 0 Å². The summed E-state index contributed by atoms with van der Waals surface area (Å²) < 4.78 is 4.80. The molecular formula is C16H24O3. The number of fused-ring (bicyclic) bond motifs is 1. The summed E-state index contributed by atoms with van der Waals surface area (Å²) in [5, 5.41) is 11.2. The van der Waals surface area contributed by atoms with Crippen molar-refractivity contribution in [1.82, 2.24) is 0 Å². The minimum absolute atomic E-state index is 0.0852. The maximum Gasteiger partial charge on any atom is 0.333 e. The van der Waals surface area contributed by atoms with E-state index in [1.165, 1.54) is 7.11 Å². The van der Waals surface area contributed by atoms with Crippen molar-refractivity contribution in [3.05, 3.63) is 23.8 Å². The molecule has 2 rings (SSSR count). The molecule has 0 radical (unpaired) electrons. The molecule has 3 nitrogen and oxygen atoms in total. The van der Waals surface area contributed by atoms with E-state index in [2.05, 4.69) is 20.4 Å². The van der Waals surface area contributed by atoms with Gasteiger partial charge < -0.3 is 9.84 Å². The van der Waals surface area contributed by atoms with Crippen molar-refractivity contribution in [1.29, 1.82) is 0 Å². The van der Waals surface area contributed by atoms with Gasteiger partial charge in [0.2, 0.25) is 0 Å². The average molecular weight is 264 g/mol. The van der Waals surface area contributed by atoms with Crippen LogP contribution in [0.5, 0.6) is 0 Å². The summed E-state index contributed by atoms with van der Waals surface area (Å²) in [7, 11) is 1.39. The van der Waals surface area contributed by atoms with E-state index in [1.54, 1.807) is 6.08 Å². The van der Waals surface area contributed by atoms with Gasteiger partial charge in [0.25, 0.3) is 0 Å². The zero-order valence-corrected chi connectivity index (χ0v) is 12.1. The maximum atomic E-state index is 11.7. The lowest BCUT2D eigenvalue weighted by molar-refractivity contribution is -0.137. The molecule has 0 aliphatic heterocycles. The molecule has 2 aliphatic carbocycles. The fraction of sp³-hybridized carbons (Fsp3) is 0.688. The van der Waals surface area contributed by atoms with Crippen molar-refractivity contribution in [3.63, 3.8) is 0 Å². The fourth-order valence-corrected chi connectivity index (χ4v) is 3.79. The Hall–Kier alpha value is -1.09. The number of rotatable bonds is 2. The molecule has 0 bridgehead atoms. The van der Waals surface area contributed by atoms with Gasteiger partial charge in [-0.2, -0.15) is 0 Å². The first-order valence-corrected chi connectivity index (χ1v) is 7.10. The Morgan fingerprint density at radius 1 is 1.47 bits per heavy atom. The Bertz CT molecular complexity index is 422. The quantitative estimate of drug-likeness (QED) is 0.616. The lowest BCUT2D eigenvalue weighted by Gasteiger charge is -2.49. The van der Waals surface area contributed by atoms with Crippen molar-refractivity contribution >= 4 is 5.97 Å². The standard InChI is InChI=1S/C16H24O3/c1-10(2)13-7-5-11(3)14-8-6-12(15(17)19-4)9-16(13,14)18/h9-10,13-14,18H,3,5-8H2,1-2,4H3/t13-,14-,16+/m1/s1. The van der Waals surface area contributed by atoms with Gasteiger partial charge in [-0.05, 0) is 43.6 Å². The predicted octanol–water partition coefficient (Wildman–Crippen LogP) is 2.85. The largest absolute Gasteiger partial charge is 0.466 e. The highest BCUT2D eigenvalue weighted by molar-refractivity contribution is 5.88. The highest BCUT2D eigenvalue weighted by Gasteiger charge is 2.49. The molecule has 1 fully saturated rings. The van der Waals surface area contributed by atoms with Crippen LogP contribution < -0.4 is 0 Å². The molecule has 1 saturated carbocycles. The van der Waals surface area contributed by atoms with Crippen LogP contribution in [0.1, 0.15) is 39.5 Å². The van der Waals surface area contributed by atoms with Crippen molar-refractivity contribution in [2.75, 3.05) is 7.11 Å². The van der Waals surface area contributed by atoms with Crippen molar-refractivity contribution in [2.45, 2.75) is 45.1 Å². The Labute approximate surface area is 115 Å². The van der Waals surface area contributed by atoms with Crippen LogP contribution in [0.2, 0.25) is 0 Å². The third kappa shape index (κ3) is 2.36. The topological polar surface area (TPSA) is 46.5 Å². The zero-order chi connectivity index (χ0) is 14.2. The second-order valence-corrected chi connectivity index (χ2v) is 6.19. The van der Waals surface area contributed by atoms with Gasteiger partial charge in [-0.1, -0.05) is 26.0 Å². The second kappa shape index (κ2) is 5.12. The predicted molar refractivity (Wildman–Crippen MR) is 74.5 cm³/mol. The minimum Gasteiger partial charge on any atom is -0.466 e. The van der Waals surface area contributed by atoms with Gasteiger partial charge in [-0.25, -0.2) is 4.79 Å². The average Bonchev–Trinajstić information content (AvgIpc) is 2.36. The van der Waals surface area contributed by atoms with Crippen LogP contribution >= 0.6 is 0 Å². The number of esters is 1. The maximum absolute atomic E-state index is 11.7. The SMILES string of the molecule is C=C1CC[C@H](C(C)C)[C@@]2(O)C=C(C(=O)OC)CC[C@H]12. The molecule has 106 valence electrons. The normalized spacial score (nSPS) is 34.8. The summed E-state index contributed by atoms with van der Waals surface area (Å²) in [6, 6.07) is 0. The van der Waals surface area contributed by atoms with Crippen LogP contribution in [0.15, 0.2) is 23.8 Å². The summed E-state index contributed by atoms with van der Waals surface area (Å²) >= 11 is 0. The third-order valence-electron chi connectivity index (χ3n) is 4.78. The summed E-state index contributed by atoms with van der Waals surface area (Å²) in [6.45, 7) is 8.39. The van der Waals surface area contributed by atoms with E-state index in [0.29, 0.717) is 17.9 Å². The van der Waals surface area contributed by atoms with Gasteiger partial charge in [0.1, 0.15) is 0 Å². The van der Waals surface area contributed by atoms with Crippen LogP contribution in [0.25, 0.3) is 0 Å². The molecule has 0 saturated heterocycles. The summed E-state index contributed by atoms with van der Waals surface area (Å²) in [5.41, 5.74) is 0.812. The van der Waals surface area contributed by atoms with Crippen molar-refractivity contribution in [3.8, 4) is 0 Å². The Balaban J connectivity index is 2.40. The molecule has 0 aromatic rings. The number of carbonyl (C=O) groups is 1. The molecule has 0 aromatic carbocycles. The van der Waals surface area contributed by atoms with E-state index in [4.69, 9.17) is 4.74 Å². The number of hydrogen-bond donors (Lipinski definition) is 1. The summed E-state index contributed by atoms with van der Waals surface area (Å²) in [5.74, 6) is 0.337. The van der Waals surface area contributed by atoms with Crippen LogP contribution in [0.3, 0.4) is 0 Å². The number of ether oxygens (including phenoxy) is 1. The highest BCUT2D eigenvalue weighted by atomic mass is 16.5. The molecule has 0 unspecified atom stereocenters. The van der Waals surface area contributed by atoms with Crippen molar-refractivity contribution in [2.24, 2.45) is 17.8 Å². The van der Waals surface area contributed by atoms with Gasteiger partial charge in [-0.3, -0.25) is 0 Å². The lowest BCUT2D eigenvalue weighted by Crippen LogP contribution is -2.51. The van der Waals surface area contributed by atoms with Crippen molar-refractivity contribution < 1.29 is 14.6 Å². The third-order valence-corrected chi connectivity index (χ3v) is 4.78. The number of carbonyl (C=O) groups excluding carboxylic acids is 1. The van der Waals surface area contributed by atoms with E-state index < -0.39 is 5.60 Å². The van der Waals surface area contributed by atoms with Gasteiger partial charge in [0.15, 0.2) is 0 Å². The van der Waals surface area contributed by atoms with Crippen LogP contribution in [0, 0.1) is 17.8 Å². The molecule has 0 amide bonds. The Morgan fingerprint density at radius 3 is 2.74 bits per heavy atom. The van der Waals surface area contributed by atoms with Crippen LogP contribution in [-0.2, 0) is 9.53 Å². The smallest absolute Gasteiger partial charge is 0.333 e. The summed E-state index contributed by atoms with van der Waals surface area (Å²) in [4.78, 5) is 11.7. The van der Waals surface area contributed by atoms with E-state index in [1.807, 2.05) is 0 Å². The van der Waals surface area contributed by atoms with Crippen LogP contribution in [0.4, 0.5) is 0 Å². The highest BCUT2D eigenvalue weighted by Crippen LogP contribution is 2.50. The molecule has 0 heterocycles. The minimum atomic E-state index is -0.925. The van der Waals surface area contributed by atoms with E-state index in [0.717, 1.165) is 24.8 Å². The zero-order valence-electron chi connectivity index (χ0n) is 12.1. The molecule has 0 aromatic heterocycles. The van der Waals surface area contributed by atoms with Gasteiger partial charge in [0, 0.05) is 11.5 Å². The Morgan fingerprint density at radius 2 is 2.16 bits per heavy atom. The fourth-order valence-electron chi connectivity index (χ4n) is 3.79. The number of hydrogen-bond acceptors (Lipinski definition) is 3. The number of aliphatic hydroxyl groups is 1. The lowest BCUT2D eigenvalue weighted by atomic mass is 9.59. The summed E-state index contributed by atoms with van der Waals surface area (Å²) in [6.07, 6.45) is 5.15. The molecule has 19 heavy (non-hydrogen) atoms. The molecule has 2 aliphatic rings. The molecule has 0 spiro atoms. The molecular weight excluding hydrogens is 240 g/mol. The first kappa shape index (κ1) is 14.3. The van der Waals surface area contributed by atoms with E-state index in [-0.39, 0.29) is 17.8 Å². The number of methoxy groups -OCH3 is 1.